The molecule has 5 rings (SSSR count). The van der Waals surface area contributed by atoms with Gasteiger partial charge in [-0.3, -0.25) is 0 Å². The molecule has 8 nitrogen and oxygen atoms in total. The molecule has 1 saturated heterocycles. The second kappa shape index (κ2) is 7.20. The number of aliphatic imine (C=N–C) groups is 1. The minimum atomic E-state index is -0.771. The highest BCUT2D eigenvalue weighted by Gasteiger charge is 2.25. The topological polar surface area (TPSA) is 91.4 Å². The first-order valence-electron chi connectivity index (χ1n) is 9.27. The Morgan fingerprint density at radius 3 is 2.63 bits per heavy atom. The number of hydrogen-bond acceptors (Lipinski definition) is 7. The fraction of sp³-hybridized carbons (Fsp3) is 0.200. The maximum Gasteiger partial charge on any atom is 0.175 e. The van der Waals surface area contributed by atoms with E-state index < -0.39 is 11.6 Å². The Hall–Kier alpha value is -3.84. The Balaban J connectivity index is 1.68. The van der Waals surface area contributed by atoms with E-state index in [0.717, 1.165) is 12.1 Å². The van der Waals surface area contributed by atoms with Crippen LogP contribution in [0.2, 0.25) is 0 Å². The first kappa shape index (κ1) is 18.2. The first-order valence-corrected chi connectivity index (χ1v) is 9.27. The molecular formula is C20H15F2N7O. The van der Waals surface area contributed by atoms with Crippen LogP contribution in [0.15, 0.2) is 41.7 Å². The fourth-order valence-electron chi connectivity index (χ4n) is 3.48. The van der Waals surface area contributed by atoms with Gasteiger partial charge < -0.3 is 15.0 Å². The summed E-state index contributed by atoms with van der Waals surface area (Å²) in [6.45, 7) is 2.58. The highest BCUT2D eigenvalue weighted by molar-refractivity contribution is 6.11. The molecule has 0 atom stereocenters. The standard InChI is InChI=1S/C20H15F2N7O/c21-13-2-1-3-14(22)18(13)19-26-15-11-24-17(28-4-6-30-7-5-28)8-16(15)29-20(27-19)12(9-23)10-25-29/h1-3,8,10-11H,4-7H2,(H,26,27). The summed E-state index contributed by atoms with van der Waals surface area (Å²) in [5.74, 6) is -0.720. The van der Waals surface area contributed by atoms with E-state index in [4.69, 9.17) is 4.74 Å². The zero-order valence-electron chi connectivity index (χ0n) is 15.6. The third-order valence-electron chi connectivity index (χ3n) is 4.97. The van der Waals surface area contributed by atoms with E-state index in [9.17, 15) is 14.0 Å². The molecule has 0 unspecified atom stereocenters. The van der Waals surface area contributed by atoms with E-state index in [2.05, 4.69) is 25.3 Å². The molecule has 0 saturated carbocycles. The lowest BCUT2D eigenvalue weighted by molar-refractivity contribution is 0.122. The third-order valence-corrected chi connectivity index (χ3v) is 4.97. The number of halogens is 2. The van der Waals surface area contributed by atoms with Crippen molar-refractivity contribution in [1.82, 2.24) is 14.8 Å². The van der Waals surface area contributed by atoms with Crippen molar-refractivity contribution >= 4 is 23.2 Å². The van der Waals surface area contributed by atoms with Gasteiger partial charge in [-0.1, -0.05) is 6.07 Å². The molecule has 0 amide bonds. The van der Waals surface area contributed by atoms with Crippen molar-refractivity contribution in [3.05, 3.63) is 59.4 Å². The van der Waals surface area contributed by atoms with Crippen molar-refractivity contribution in [2.24, 2.45) is 4.99 Å². The molecule has 1 N–H and O–H groups in total. The summed E-state index contributed by atoms with van der Waals surface area (Å²) in [6, 6.07) is 7.41. The maximum atomic E-state index is 14.5. The monoisotopic (exact) mass is 407 g/mol. The lowest BCUT2D eigenvalue weighted by Crippen LogP contribution is -2.36. The zero-order chi connectivity index (χ0) is 20.7. The number of pyridine rings is 1. The second-order valence-corrected chi connectivity index (χ2v) is 6.75. The molecule has 2 aliphatic rings. The Labute approximate surface area is 170 Å². The Bertz CT molecular complexity index is 1190. The molecule has 1 aromatic carbocycles. The van der Waals surface area contributed by atoms with Crippen LogP contribution in [0.3, 0.4) is 0 Å². The molecule has 0 radical (unpaired) electrons. The van der Waals surface area contributed by atoms with Crippen LogP contribution in [-0.4, -0.2) is 46.9 Å². The minimum absolute atomic E-state index is 0.0662. The quantitative estimate of drug-likeness (QED) is 0.703. The van der Waals surface area contributed by atoms with Crippen molar-refractivity contribution in [2.45, 2.75) is 0 Å². The number of rotatable bonds is 2. The predicted molar refractivity (Wildman–Crippen MR) is 105 cm³/mol. The van der Waals surface area contributed by atoms with Gasteiger partial charge >= 0.3 is 0 Å². The highest BCUT2D eigenvalue weighted by atomic mass is 19.1. The Kier molecular flexibility index (Phi) is 4.37. The lowest BCUT2D eigenvalue weighted by atomic mass is 10.1. The summed E-state index contributed by atoms with van der Waals surface area (Å²) in [4.78, 5) is 10.9. The van der Waals surface area contributed by atoms with Gasteiger partial charge in [-0.15, -0.1) is 0 Å². The predicted octanol–water partition coefficient (Wildman–Crippen LogP) is 2.76. The van der Waals surface area contributed by atoms with Crippen LogP contribution in [0.25, 0.3) is 5.69 Å². The van der Waals surface area contributed by atoms with Crippen molar-refractivity contribution in [3.63, 3.8) is 0 Å². The average molecular weight is 407 g/mol. The molecule has 10 heteroatoms. The smallest absolute Gasteiger partial charge is 0.175 e. The largest absolute Gasteiger partial charge is 0.378 e. The number of amidine groups is 1. The van der Waals surface area contributed by atoms with E-state index in [1.807, 2.05) is 12.1 Å². The number of ether oxygens (including phenoxy) is 1. The number of benzene rings is 1. The van der Waals surface area contributed by atoms with Crippen LogP contribution in [0.4, 0.5) is 26.1 Å². The third kappa shape index (κ3) is 2.96. The number of fused-ring (bicyclic) bond motifs is 3. The molecule has 0 bridgehead atoms. The number of morpholine rings is 1. The minimum Gasteiger partial charge on any atom is -0.378 e. The van der Waals surface area contributed by atoms with Crippen molar-refractivity contribution in [2.75, 3.05) is 36.5 Å². The molecule has 0 spiro atoms. The normalized spacial score (nSPS) is 15.4. The molecule has 1 fully saturated rings. The molecule has 3 aromatic rings. The first-order chi connectivity index (χ1) is 14.7. The summed E-state index contributed by atoms with van der Waals surface area (Å²) in [5.41, 5.74) is 0.890. The number of nitrogens with zero attached hydrogens (tertiary/aromatic N) is 6. The van der Waals surface area contributed by atoms with E-state index in [1.165, 1.54) is 16.9 Å². The van der Waals surface area contributed by atoms with Gasteiger partial charge in [0.2, 0.25) is 0 Å². The van der Waals surface area contributed by atoms with Gasteiger partial charge in [-0.05, 0) is 12.1 Å². The van der Waals surface area contributed by atoms with Crippen LogP contribution in [-0.2, 0) is 4.74 Å². The van der Waals surface area contributed by atoms with Crippen LogP contribution in [0.5, 0.6) is 0 Å². The fourth-order valence-corrected chi connectivity index (χ4v) is 3.48. The molecular weight excluding hydrogens is 392 g/mol. The van der Waals surface area contributed by atoms with Crippen LogP contribution in [0, 0.1) is 23.0 Å². The van der Waals surface area contributed by atoms with Gasteiger partial charge in [-0.25, -0.2) is 23.4 Å². The molecule has 0 aliphatic carbocycles. The van der Waals surface area contributed by atoms with Crippen LogP contribution >= 0.6 is 0 Å². The van der Waals surface area contributed by atoms with Crippen LogP contribution in [0.1, 0.15) is 11.1 Å². The molecule has 2 aliphatic heterocycles. The van der Waals surface area contributed by atoms with E-state index in [1.54, 1.807) is 6.20 Å². The van der Waals surface area contributed by atoms with Gasteiger partial charge in [0, 0.05) is 19.2 Å². The van der Waals surface area contributed by atoms with Crippen LogP contribution < -0.4 is 10.2 Å². The number of anilines is 2. The van der Waals surface area contributed by atoms with Gasteiger partial charge in [0.25, 0.3) is 0 Å². The van der Waals surface area contributed by atoms with Gasteiger partial charge in [0.15, 0.2) is 5.82 Å². The van der Waals surface area contributed by atoms with Gasteiger partial charge in [0.05, 0.1) is 42.5 Å². The maximum absolute atomic E-state index is 14.5. The van der Waals surface area contributed by atoms with Crippen molar-refractivity contribution in [1.29, 1.82) is 5.26 Å². The zero-order valence-corrected chi connectivity index (χ0v) is 15.6. The highest BCUT2D eigenvalue weighted by Crippen LogP contribution is 2.34. The molecule has 30 heavy (non-hydrogen) atoms. The molecule has 4 heterocycles. The average Bonchev–Trinajstić information content (AvgIpc) is 3.09. The van der Waals surface area contributed by atoms with E-state index >= 15 is 0 Å². The van der Waals surface area contributed by atoms with E-state index in [-0.39, 0.29) is 22.8 Å². The summed E-state index contributed by atoms with van der Waals surface area (Å²) < 4.78 is 35.8. The van der Waals surface area contributed by atoms with Crippen molar-refractivity contribution in [3.8, 4) is 11.8 Å². The lowest BCUT2D eigenvalue weighted by Gasteiger charge is -2.28. The summed E-state index contributed by atoms with van der Waals surface area (Å²) in [6.07, 6.45) is 2.94. The Morgan fingerprint density at radius 2 is 1.90 bits per heavy atom. The van der Waals surface area contributed by atoms with Gasteiger partial charge in [0.1, 0.15) is 34.9 Å². The number of hydrogen-bond donors (Lipinski definition) is 1. The number of nitrogens with one attached hydrogen (secondary N) is 1. The van der Waals surface area contributed by atoms with E-state index in [0.29, 0.717) is 43.5 Å². The summed E-state index contributed by atoms with van der Waals surface area (Å²) in [7, 11) is 0. The van der Waals surface area contributed by atoms with Gasteiger partial charge in [-0.2, -0.15) is 10.4 Å². The number of aromatic nitrogens is 3. The molecule has 150 valence electrons. The second-order valence-electron chi connectivity index (χ2n) is 6.75. The number of nitriles is 1. The van der Waals surface area contributed by atoms with Crippen molar-refractivity contribution < 1.29 is 13.5 Å². The SMILES string of the molecule is N#Cc1cnn2c1N=C(c1c(F)cccc1F)Nc1cnc(N3CCOCC3)cc1-2. The Morgan fingerprint density at radius 1 is 1.13 bits per heavy atom. The molecule has 2 aromatic heterocycles. The summed E-state index contributed by atoms with van der Waals surface area (Å²) in [5, 5.41) is 16.7. The summed E-state index contributed by atoms with van der Waals surface area (Å²) >= 11 is 0.